The van der Waals surface area contributed by atoms with E-state index in [0.29, 0.717) is 5.92 Å². The molecule has 0 aliphatic carbocycles. The lowest BCUT2D eigenvalue weighted by atomic mass is 9.90. The minimum Gasteiger partial charge on any atom is -0.496 e. The molecule has 0 unspecified atom stereocenters. The fraction of sp³-hybridized carbons (Fsp3) is 0.538. The summed E-state index contributed by atoms with van der Waals surface area (Å²) in [6.45, 7) is 4.24. The molecule has 88 valence electrons. The first-order valence-corrected chi connectivity index (χ1v) is 5.56. The summed E-state index contributed by atoms with van der Waals surface area (Å²) in [5.41, 5.74) is 2.39. The molecule has 1 fully saturated rings. The van der Waals surface area contributed by atoms with Crippen molar-refractivity contribution in [3.63, 3.8) is 0 Å². The monoisotopic (exact) mass is 221 g/mol. The number of hydrogen-bond donors (Lipinski definition) is 0. The molecule has 1 aromatic carbocycles. The van der Waals surface area contributed by atoms with Gasteiger partial charge in [-0.15, -0.1) is 0 Å². The molecule has 0 aromatic heterocycles. The van der Waals surface area contributed by atoms with Crippen molar-refractivity contribution < 1.29 is 9.47 Å². The third kappa shape index (κ3) is 1.87. The minimum atomic E-state index is 0.578. The summed E-state index contributed by atoms with van der Waals surface area (Å²) in [6, 6.07) is 4.18. The standard InChI is InChI=1S/C13H19NO2/c1-9-5-13(16-4)11(6-12(9)15-3)10-7-14(2)8-10/h5-6,10H,7-8H2,1-4H3. The Bertz CT molecular complexity index is 384. The van der Waals surface area contributed by atoms with Crippen LogP contribution in [0.2, 0.25) is 0 Å². The molecule has 1 aliphatic rings. The van der Waals surface area contributed by atoms with Crippen molar-refractivity contribution in [1.29, 1.82) is 0 Å². The molecular formula is C13H19NO2. The second-order valence-corrected chi connectivity index (χ2v) is 4.48. The molecule has 0 N–H and O–H groups in total. The molecule has 16 heavy (non-hydrogen) atoms. The summed E-state index contributed by atoms with van der Waals surface area (Å²) in [4.78, 5) is 2.30. The van der Waals surface area contributed by atoms with Crippen LogP contribution >= 0.6 is 0 Å². The first-order chi connectivity index (χ1) is 7.65. The van der Waals surface area contributed by atoms with Gasteiger partial charge in [0, 0.05) is 24.6 Å². The first-order valence-electron chi connectivity index (χ1n) is 5.56. The van der Waals surface area contributed by atoms with Gasteiger partial charge in [-0.2, -0.15) is 0 Å². The number of aryl methyl sites for hydroxylation is 1. The second-order valence-electron chi connectivity index (χ2n) is 4.48. The normalized spacial score (nSPS) is 17.0. The summed E-state index contributed by atoms with van der Waals surface area (Å²) < 4.78 is 10.8. The van der Waals surface area contributed by atoms with E-state index in [-0.39, 0.29) is 0 Å². The van der Waals surface area contributed by atoms with Crippen LogP contribution in [-0.4, -0.2) is 39.3 Å². The lowest BCUT2D eigenvalue weighted by molar-refractivity contribution is 0.186. The zero-order valence-electron chi connectivity index (χ0n) is 10.4. The van der Waals surface area contributed by atoms with E-state index in [0.717, 1.165) is 30.2 Å². The van der Waals surface area contributed by atoms with Gasteiger partial charge < -0.3 is 14.4 Å². The van der Waals surface area contributed by atoms with Crippen LogP contribution in [0.4, 0.5) is 0 Å². The molecule has 0 spiro atoms. The van der Waals surface area contributed by atoms with Crippen LogP contribution in [0.25, 0.3) is 0 Å². The van der Waals surface area contributed by atoms with E-state index in [1.54, 1.807) is 14.2 Å². The molecular weight excluding hydrogens is 202 g/mol. The number of nitrogens with zero attached hydrogens (tertiary/aromatic N) is 1. The van der Waals surface area contributed by atoms with Crippen molar-refractivity contribution >= 4 is 0 Å². The Morgan fingerprint density at radius 3 is 2.25 bits per heavy atom. The van der Waals surface area contributed by atoms with Gasteiger partial charge in [0.2, 0.25) is 0 Å². The van der Waals surface area contributed by atoms with Gasteiger partial charge in [0.1, 0.15) is 11.5 Å². The molecule has 0 atom stereocenters. The van der Waals surface area contributed by atoms with Crippen LogP contribution in [0, 0.1) is 6.92 Å². The van der Waals surface area contributed by atoms with E-state index in [1.165, 1.54) is 5.56 Å². The lowest BCUT2D eigenvalue weighted by Crippen LogP contribution is -2.41. The maximum Gasteiger partial charge on any atom is 0.122 e. The van der Waals surface area contributed by atoms with Gasteiger partial charge in [0.05, 0.1) is 14.2 Å². The summed E-state index contributed by atoms with van der Waals surface area (Å²) in [5.74, 6) is 2.51. The van der Waals surface area contributed by atoms with Crippen molar-refractivity contribution in [2.24, 2.45) is 0 Å². The fourth-order valence-electron chi connectivity index (χ4n) is 2.29. The Kier molecular flexibility index (Phi) is 3.06. The lowest BCUT2D eigenvalue weighted by Gasteiger charge is -2.37. The largest absolute Gasteiger partial charge is 0.496 e. The highest BCUT2D eigenvalue weighted by Gasteiger charge is 2.28. The fourth-order valence-corrected chi connectivity index (χ4v) is 2.29. The molecule has 1 heterocycles. The number of ether oxygens (including phenoxy) is 2. The van der Waals surface area contributed by atoms with E-state index >= 15 is 0 Å². The number of benzene rings is 1. The molecule has 1 aliphatic heterocycles. The van der Waals surface area contributed by atoms with E-state index in [1.807, 2.05) is 6.92 Å². The SMILES string of the molecule is COc1cc(C2CN(C)C2)c(OC)cc1C. The van der Waals surface area contributed by atoms with Crippen LogP contribution in [-0.2, 0) is 0 Å². The van der Waals surface area contributed by atoms with Gasteiger partial charge in [-0.05, 0) is 31.7 Å². The Labute approximate surface area is 97.0 Å². The second kappa shape index (κ2) is 4.34. The van der Waals surface area contributed by atoms with Gasteiger partial charge in [-0.1, -0.05) is 0 Å². The molecule has 0 bridgehead atoms. The minimum absolute atomic E-state index is 0.578. The van der Waals surface area contributed by atoms with E-state index in [2.05, 4.69) is 24.1 Å². The van der Waals surface area contributed by atoms with Gasteiger partial charge in [-0.25, -0.2) is 0 Å². The highest BCUT2D eigenvalue weighted by Crippen LogP contribution is 2.36. The Hall–Kier alpha value is -1.22. The van der Waals surface area contributed by atoms with Gasteiger partial charge >= 0.3 is 0 Å². The van der Waals surface area contributed by atoms with Crippen LogP contribution in [0.5, 0.6) is 11.5 Å². The Morgan fingerprint density at radius 2 is 1.75 bits per heavy atom. The van der Waals surface area contributed by atoms with Crippen molar-refractivity contribution in [3.05, 3.63) is 23.3 Å². The third-order valence-corrected chi connectivity index (χ3v) is 3.25. The van der Waals surface area contributed by atoms with Gasteiger partial charge in [-0.3, -0.25) is 0 Å². The van der Waals surface area contributed by atoms with Gasteiger partial charge in [0.15, 0.2) is 0 Å². The smallest absolute Gasteiger partial charge is 0.122 e. The van der Waals surface area contributed by atoms with E-state index in [9.17, 15) is 0 Å². The van der Waals surface area contributed by atoms with Crippen LogP contribution in [0.15, 0.2) is 12.1 Å². The van der Waals surface area contributed by atoms with Crippen molar-refractivity contribution in [1.82, 2.24) is 4.90 Å². The zero-order chi connectivity index (χ0) is 11.7. The number of hydrogen-bond acceptors (Lipinski definition) is 3. The Balaban J connectivity index is 2.34. The summed E-state index contributed by atoms with van der Waals surface area (Å²) in [6.07, 6.45) is 0. The van der Waals surface area contributed by atoms with Gasteiger partial charge in [0.25, 0.3) is 0 Å². The maximum atomic E-state index is 5.44. The molecule has 0 amide bonds. The van der Waals surface area contributed by atoms with Crippen LogP contribution < -0.4 is 9.47 Å². The van der Waals surface area contributed by atoms with E-state index in [4.69, 9.17) is 9.47 Å². The number of rotatable bonds is 3. The molecule has 0 radical (unpaired) electrons. The average molecular weight is 221 g/mol. The number of methoxy groups -OCH3 is 2. The highest BCUT2D eigenvalue weighted by atomic mass is 16.5. The van der Waals surface area contributed by atoms with Crippen molar-refractivity contribution in [3.8, 4) is 11.5 Å². The topological polar surface area (TPSA) is 21.7 Å². The third-order valence-electron chi connectivity index (χ3n) is 3.25. The number of likely N-dealkylation sites (N-methyl/N-ethyl adjacent to an activating group) is 1. The predicted molar refractivity (Wildman–Crippen MR) is 64.5 cm³/mol. The molecule has 3 nitrogen and oxygen atoms in total. The summed E-state index contributed by atoms with van der Waals surface area (Å²) in [7, 11) is 5.58. The predicted octanol–water partition coefficient (Wildman–Crippen LogP) is 2.04. The van der Waals surface area contributed by atoms with E-state index < -0.39 is 0 Å². The molecule has 1 aromatic rings. The van der Waals surface area contributed by atoms with Crippen molar-refractivity contribution in [2.75, 3.05) is 34.4 Å². The highest BCUT2D eigenvalue weighted by molar-refractivity contribution is 5.48. The number of likely N-dealkylation sites (tertiary alicyclic amines) is 1. The van der Waals surface area contributed by atoms with Crippen LogP contribution in [0.1, 0.15) is 17.0 Å². The summed E-state index contributed by atoms with van der Waals surface area (Å²) >= 11 is 0. The quantitative estimate of drug-likeness (QED) is 0.779. The Morgan fingerprint density at radius 1 is 1.12 bits per heavy atom. The first kappa shape index (κ1) is 11.3. The molecule has 3 heteroatoms. The molecule has 2 rings (SSSR count). The molecule has 0 saturated carbocycles. The van der Waals surface area contributed by atoms with Crippen LogP contribution in [0.3, 0.4) is 0 Å². The molecule has 1 saturated heterocycles. The summed E-state index contributed by atoms with van der Waals surface area (Å²) in [5, 5.41) is 0. The van der Waals surface area contributed by atoms with Crippen molar-refractivity contribution in [2.45, 2.75) is 12.8 Å². The maximum absolute atomic E-state index is 5.44. The zero-order valence-corrected chi connectivity index (χ0v) is 10.4. The average Bonchev–Trinajstić information content (AvgIpc) is 2.24.